The Morgan fingerprint density at radius 2 is 2.21 bits per heavy atom. The van der Waals surface area contributed by atoms with Crippen LogP contribution in [0.15, 0.2) is 0 Å². The minimum absolute atomic E-state index is 0.104. The summed E-state index contributed by atoms with van der Waals surface area (Å²) in [5, 5.41) is 18.5. The quantitative estimate of drug-likeness (QED) is 0.735. The zero-order valence-electron chi connectivity index (χ0n) is 11.3. The zero-order chi connectivity index (χ0) is 14.6. The molecule has 3 atom stereocenters. The molecular weight excluding hydrogens is 272 g/mol. The molecule has 3 unspecified atom stereocenters. The Bertz CT molecular complexity index is 341. The predicted molar refractivity (Wildman–Crippen MR) is 71.1 cm³/mol. The van der Waals surface area contributed by atoms with E-state index in [2.05, 4.69) is 0 Å². The highest BCUT2D eigenvalue weighted by molar-refractivity contribution is 8.00. The number of urea groups is 1. The monoisotopic (exact) mass is 292 g/mol. The van der Waals surface area contributed by atoms with Crippen molar-refractivity contribution in [3.63, 3.8) is 0 Å². The summed E-state index contributed by atoms with van der Waals surface area (Å²) >= 11 is 1.43. The largest absolute Gasteiger partial charge is 0.480 e. The fourth-order valence-electron chi connectivity index (χ4n) is 1.96. The maximum atomic E-state index is 12.2. The number of aliphatic hydroxyl groups excluding tert-OH is 1. The van der Waals surface area contributed by atoms with E-state index in [1.165, 1.54) is 35.7 Å². The van der Waals surface area contributed by atoms with Gasteiger partial charge in [-0.1, -0.05) is 0 Å². The summed E-state index contributed by atoms with van der Waals surface area (Å²) in [5.41, 5.74) is 0. The Kier molecular flexibility index (Phi) is 5.89. The number of likely N-dealkylation sites (N-methyl/N-ethyl adjacent to an activating group) is 1. The normalized spacial score (nSPS) is 24.3. The van der Waals surface area contributed by atoms with Gasteiger partial charge in [-0.3, -0.25) is 4.90 Å². The lowest BCUT2D eigenvalue weighted by Gasteiger charge is -2.31. The van der Waals surface area contributed by atoms with Gasteiger partial charge in [-0.15, -0.1) is 11.8 Å². The van der Waals surface area contributed by atoms with Crippen molar-refractivity contribution in [3.8, 4) is 0 Å². The summed E-state index contributed by atoms with van der Waals surface area (Å²) in [7, 11) is 3.00. The van der Waals surface area contributed by atoms with Gasteiger partial charge in [-0.25, -0.2) is 9.59 Å². The van der Waals surface area contributed by atoms with E-state index in [4.69, 9.17) is 9.84 Å². The molecule has 19 heavy (non-hydrogen) atoms. The van der Waals surface area contributed by atoms with Crippen molar-refractivity contribution in [3.05, 3.63) is 0 Å². The topological polar surface area (TPSA) is 90.3 Å². The molecule has 1 saturated heterocycles. The maximum absolute atomic E-state index is 12.2. The Hall–Kier alpha value is -0.990. The van der Waals surface area contributed by atoms with E-state index in [1.807, 2.05) is 0 Å². The summed E-state index contributed by atoms with van der Waals surface area (Å²) in [4.78, 5) is 26.0. The second-order valence-electron chi connectivity index (χ2n) is 4.47. The molecule has 0 spiro atoms. The summed E-state index contributed by atoms with van der Waals surface area (Å²) in [6, 6.07) is -1.20. The second kappa shape index (κ2) is 6.97. The van der Waals surface area contributed by atoms with E-state index < -0.39 is 18.1 Å². The van der Waals surface area contributed by atoms with Gasteiger partial charge in [0.25, 0.3) is 0 Å². The number of rotatable bonds is 5. The molecule has 0 aromatic heterocycles. The van der Waals surface area contributed by atoms with Crippen LogP contribution in [0.2, 0.25) is 0 Å². The van der Waals surface area contributed by atoms with Crippen LogP contribution in [0.25, 0.3) is 0 Å². The molecule has 2 N–H and O–H groups in total. The number of carbonyl (C=O) groups is 2. The van der Waals surface area contributed by atoms with Crippen LogP contribution in [0.1, 0.15) is 6.92 Å². The van der Waals surface area contributed by atoms with Gasteiger partial charge < -0.3 is 19.8 Å². The highest BCUT2D eigenvalue weighted by atomic mass is 32.2. The number of ether oxygens (including phenoxy) is 1. The number of carboxylic acid groups (broad SMARTS) is 1. The average Bonchev–Trinajstić information content (AvgIpc) is 2.70. The Balaban J connectivity index is 2.66. The highest BCUT2D eigenvalue weighted by Crippen LogP contribution is 2.29. The number of thioether (sulfide) groups is 1. The van der Waals surface area contributed by atoms with Crippen LogP contribution in [0.3, 0.4) is 0 Å². The Morgan fingerprint density at radius 1 is 1.58 bits per heavy atom. The summed E-state index contributed by atoms with van der Waals surface area (Å²) in [6.45, 7) is 2.03. The minimum atomic E-state index is -1.00. The lowest BCUT2D eigenvalue weighted by atomic mass is 10.3. The van der Waals surface area contributed by atoms with Crippen LogP contribution < -0.4 is 0 Å². The molecule has 0 bridgehead atoms. The van der Waals surface area contributed by atoms with Crippen molar-refractivity contribution in [2.45, 2.75) is 24.4 Å². The number of aliphatic carboxylic acids is 1. The van der Waals surface area contributed by atoms with Crippen LogP contribution in [0.4, 0.5) is 4.79 Å². The predicted octanol–water partition coefficient (Wildman–Crippen LogP) is -0.106. The van der Waals surface area contributed by atoms with Crippen molar-refractivity contribution >= 4 is 23.8 Å². The van der Waals surface area contributed by atoms with Crippen LogP contribution in [-0.2, 0) is 9.53 Å². The smallest absolute Gasteiger partial charge is 0.327 e. The van der Waals surface area contributed by atoms with E-state index in [0.717, 1.165) is 0 Å². The fraction of sp³-hybridized carbons (Fsp3) is 0.818. The molecule has 1 rings (SSSR count). The van der Waals surface area contributed by atoms with Gasteiger partial charge in [-0.05, 0) is 6.92 Å². The molecule has 8 heteroatoms. The fourth-order valence-corrected chi connectivity index (χ4v) is 3.12. The molecule has 0 aromatic rings. The molecule has 2 amide bonds. The molecule has 110 valence electrons. The Labute approximate surface area is 116 Å². The molecular formula is C11H20N2O5S. The second-order valence-corrected chi connectivity index (χ2v) is 5.82. The van der Waals surface area contributed by atoms with Crippen molar-refractivity contribution in [1.82, 2.24) is 9.80 Å². The van der Waals surface area contributed by atoms with Crippen LogP contribution >= 0.6 is 11.8 Å². The molecule has 1 aliphatic heterocycles. The molecule has 0 saturated carbocycles. The lowest BCUT2D eigenvalue weighted by Crippen LogP contribution is -2.51. The van der Waals surface area contributed by atoms with Crippen LogP contribution in [-0.4, -0.2) is 82.6 Å². The average molecular weight is 292 g/mol. The van der Waals surface area contributed by atoms with Crippen molar-refractivity contribution < 1.29 is 24.5 Å². The van der Waals surface area contributed by atoms with Crippen molar-refractivity contribution in [2.24, 2.45) is 0 Å². The number of carboxylic acids is 1. The molecule has 0 aliphatic carbocycles. The number of methoxy groups -OCH3 is 1. The number of carbonyl (C=O) groups excluding carboxylic acids is 1. The van der Waals surface area contributed by atoms with Gasteiger partial charge in [0.15, 0.2) is 0 Å². The maximum Gasteiger partial charge on any atom is 0.327 e. The first-order valence-electron chi connectivity index (χ1n) is 5.93. The van der Waals surface area contributed by atoms with Gasteiger partial charge in [0.05, 0.1) is 24.6 Å². The molecule has 1 fully saturated rings. The first kappa shape index (κ1) is 16.1. The van der Waals surface area contributed by atoms with Gasteiger partial charge >= 0.3 is 12.0 Å². The molecule has 0 radical (unpaired) electrons. The number of aliphatic hydroxyl groups is 1. The van der Waals surface area contributed by atoms with E-state index in [0.29, 0.717) is 5.75 Å². The summed E-state index contributed by atoms with van der Waals surface area (Å²) < 4.78 is 4.79. The van der Waals surface area contributed by atoms with Gasteiger partial charge in [-0.2, -0.15) is 0 Å². The third-order valence-electron chi connectivity index (χ3n) is 2.90. The summed E-state index contributed by atoms with van der Waals surface area (Å²) in [5.74, 6) is -0.618. The third-order valence-corrected chi connectivity index (χ3v) is 4.12. The number of hydrogen-bond acceptors (Lipinski definition) is 5. The van der Waals surface area contributed by atoms with E-state index >= 15 is 0 Å². The minimum Gasteiger partial charge on any atom is -0.480 e. The highest BCUT2D eigenvalue weighted by Gasteiger charge is 2.40. The molecule has 1 aliphatic rings. The van der Waals surface area contributed by atoms with Crippen molar-refractivity contribution in [2.75, 3.05) is 33.1 Å². The zero-order valence-corrected chi connectivity index (χ0v) is 12.1. The standard InChI is InChI=1S/C11H20N2O5S/c1-7-13(9(6-19-7)10(15)16)11(17)12(2)4-8(14)5-18-3/h7-9,14H,4-6H2,1-3H3,(H,15,16). The van der Waals surface area contributed by atoms with E-state index in [9.17, 15) is 14.7 Å². The third kappa shape index (κ3) is 3.99. The SMILES string of the molecule is COCC(O)CN(C)C(=O)N1C(C)SCC1C(=O)O. The first-order chi connectivity index (χ1) is 8.88. The van der Waals surface area contributed by atoms with Crippen molar-refractivity contribution in [1.29, 1.82) is 0 Å². The van der Waals surface area contributed by atoms with Gasteiger partial charge in [0.2, 0.25) is 0 Å². The molecule has 7 nitrogen and oxygen atoms in total. The van der Waals surface area contributed by atoms with E-state index in [-0.39, 0.29) is 24.6 Å². The van der Waals surface area contributed by atoms with E-state index in [1.54, 1.807) is 6.92 Å². The van der Waals surface area contributed by atoms with Crippen LogP contribution in [0.5, 0.6) is 0 Å². The number of hydrogen-bond donors (Lipinski definition) is 2. The van der Waals surface area contributed by atoms with Gasteiger partial charge in [0, 0.05) is 19.9 Å². The lowest BCUT2D eigenvalue weighted by molar-refractivity contribution is -0.141. The van der Waals surface area contributed by atoms with Gasteiger partial charge in [0.1, 0.15) is 6.04 Å². The Morgan fingerprint density at radius 3 is 2.74 bits per heavy atom. The number of amides is 2. The number of nitrogens with zero attached hydrogens (tertiary/aromatic N) is 2. The van der Waals surface area contributed by atoms with Crippen LogP contribution in [0, 0.1) is 0 Å². The summed E-state index contributed by atoms with van der Waals surface area (Å²) in [6.07, 6.45) is -0.784. The molecule has 1 heterocycles. The molecule has 0 aromatic carbocycles. The first-order valence-corrected chi connectivity index (χ1v) is 6.98.